The van der Waals surface area contributed by atoms with Crippen molar-refractivity contribution in [1.29, 1.82) is 0 Å². The Kier molecular flexibility index (Phi) is 4.71. The van der Waals surface area contributed by atoms with Crippen LogP contribution in [-0.2, 0) is 0 Å². The molecule has 2 fully saturated rings. The first-order valence-electron chi connectivity index (χ1n) is 8.05. The van der Waals surface area contributed by atoms with E-state index in [2.05, 4.69) is 37.9 Å². The molecule has 2 aliphatic rings. The summed E-state index contributed by atoms with van der Waals surface area (Å²) in [4.78, 5) is 2.79. The monoisotopic (exact) mass is 252 g/mol. The van der Waals surface area contributed by atoms with E-state index in [4.69, 9.17) is 0 Å². The zero-order valence-electron chi connectivity index (χ0n) is 12.8. The summed E-state index contributed by atoms with van der Waals surface area (Å²) < 4.78 is 0. The maximum atomic E-state index is 3.77. The molecule has 0 aromatic carbocycles. The van der Waals surface area contributed by atoms with Crippen molar-refractivity contribution in [2.75, 3.05) is 19.6 Å². The van der Waals surface area contributed by atoms with Gasteiger partial charge in [-0.3, -0.25) is 4.90 Å². The smallest absolute Gasteiger partial charge is 0.0278 e. The lowest BCUT2D eigenvalue weighted by Gasteiger charge is -2.46. The van der Waals surface area contributed by atoms with E-state index in [1.165, 1.54) is 51.7 Å². The lowest BCUT2D eigenvalue weighted by atomic mass is 9.91. The largest absolute Gasteiger partial charge is 0.309 e. The predicted octanol–water partition coefficient (Wildman–Crippen LogP) is 3.28. The molecule has 0 spiro atoms. The van der Waals surface area contributed by atoms with Gasteiger partial charge in [0.05, 0.1) is 0 Å². The van der Waals surface area contributed by atoms with Crippen LogP contribution in [0.3, 0.4) is 0 Å². The molecule has 0 aromatic heterocycles. The quantitative estimate of drug-likeness (QED) is 0.826. The molecule has 2 heteroatoms. The molecule has 1 saturated heterocycles. The fourth-order valence-corrected chi connectivity index (χ4v) is 3.80. The Morgan fingerprint density at radius 3 is 2.61 bits per heavy atom. The average Bonchev–Trinajstić information content (AvgIpc) is 2.75. The van der Waals surface area contributed by atoms with Crippen LogP contribution >= 0.6 is 0 Å². The molecule has 2 nitrogen and oxygen atoms in total. The highest BCUT2D eigenvalue weighted by atomic mass is 15.2. The second-order valence-corrected chi connectivity index (χ2v) is 7.07. The third-order valence-electron chi connectivity index (χ3n) is 5.38. The fraction of sp³-hybridized carbons (Fsp3) is 1.00. The number of piperazine rings is 1. The van der Waals surface area contributed by atoms with Crippen molar-refractivity contribution in [3.05, 3.63) is 0 Å². The molecule has 4 atom stereocenters. The Morgan fingerprint density at radius 1 is 1.28 bits per heavy atom. The van der Waals surface area contributed by atoms with Crippen LogP contribution in [0, 0.1) is 11.8 Å². The van der Waals surface area contributed by atoms with Crippen molar-refractivity contribution in [2.24, 2.45) is 11.8 Å². The molecule has 1 N–H and O–H groups in total. The molecule has 1 aliphatic carbocycles. The topological polar surface area (TPSA) is 15.3 Å². The molecule has 0 amide bonds. The minimum Gasteiger partial charge on any atom is -0.309 e. The van der Waals surface area contributed by atoms with E-state index in [-0.39, 0.29) is 0 Å². The molecule has 1 saturated carbocycles. The van der Waals surface area contributed by atoms with Crippen molar-refractivity contribution in [3.8, 4) is 0 Å². The van der Waals surface area contributed by atoms with Gasteiger partial charge >= 0.3 is 0 Å². The maximum absolute atomic E-state index is 3.77. The van der Waals surface area contributed by atoms with Crippen LogP contribution in [0.15, 0.2) is 0 Å². The zero-order valence-corrected chi connectivity index (χ0v) is 12.8. The lowest BCUT2D eigenvalue weighted by Crippen LogP contribution is -2.63. The van der Waals surface area contributed by atoms with E-state index in [9.17, 15) is 0 Å². The molecular weight excluding hydrogens is 220 g/mol. The van der Waals surface area contributed by atoms with Crippen molar-refractivity contribution in [2.45, 2.75) is 71.4 Å². The van der Waals surface area contributed by atoms with E-state index in [1.807, 2.05) is 0 Å². The summed E-state index contributed by atoms with van der Waals surface area (Å²) in [5.41, 5.74) is 0.343. The molecule has 1 aliphatic heterocycles. The number of hydrogen-bond acceptors (Lipinski definition) is 2. The van der Waals surface area contributed by atoms with E-state index in [1.54, 1.807) is 0 Å². The van der Waals surface area contributed by atoms with Crippen molar-refractivity contribution < 1.29 is 0 Å². The third kappa shape index (κ3) is 3.27. The van der Waals surface area contributed by atoms with Gasteiger partial charge in [0, 0.05) is 31.2 Å². The predicted molar refractivity (Wildman–Crippen MR) is 78.9 cm³/mol. The van der Waals surface area contributed by atoms with E-state index < -0.39 is 0 Å². The SMILES string of the molecule is CCC1CNC(C)(CC)CN1CC1CCC(C)C1. The molecule has 0 bridgehead atoms. The summed E-state index contributed by atoms with van der Waals surface area (Å²) in [6, 6.07) is 0.764. The maximum Gasteiger partial charge on any atom is 0.0278 e. The van der Waals surface area contributed by atoms with Gasteiger partial charge in [-0.2, -0.15) is 0 Å². The van der Waals surface area contributed by atoms with Crippen LogP contribution in [0.5, 0.6) is 0 Å². The first-order chi connectivity index (χ1) is 8.56. The highest BCUT2D eigenvalue weighted by Gasteiger charge is 2.35. The molecule has 0 aromatic rings. The number of rotatable bonds is 4. The van der Waals surface area contributed by atoms with E-state index >= 15 is 0 Å². The van der Waals surface area contributed by atoms with E-state index in [0.29, 0.717) is 5.54 Å². The van der Waals surface area contributed by atoms with Gasteiger partial charge < -0.3 is 5.32 Å². The molecule has 2 rings (SSSR count). The van der Waals surface area contributed by atoms with Gasteiger partial charge in [-0.25, -0.2) is 0 Å². The Morgan fingerprint density at radius 2 is 2.06 bits per heavy atom. The molecule has 1 heterocycles. The first-order valence-corrected chi connectivity index (χ1v) is 8.05. The molecule has 106 valence electrons. The van der Waals surface area contributed by atoms with Crippen LogP contribution in [0.2, 0.25) is 0 Å². The third-order valence-corrected chi connectivity index (χ3v) is 5.38. The highest BCUT2D eigenvalue weighted by Crippen LogP contribution is 2.32. The summed E-state index contributed by atoms with van der Waals surface area (Å²) in [6.45, 7) is 13.2. The Hall–Kier alpha value is -0.0800. The van der Waals surface area contributed by atoms with Gasteiger partial charge in [0.1, 0.15) is 0 Å². The lowest BCUT2D eigenvalue weighted by molar-refractivity contribution is 0.0677. The van der Waals surface area contributed by atoms with Gasteiger partial charge in [-0.1, -0.05) is 27.2 Å². The summed E-state index contributed by atoms with van der Waals surface area (Å²) in [7, 11) is 0. The first kappa shape index (κ1) is 14.3. The molecular formula is C16H32N2. The average molecular weight is 252 g/mol. The normalized spacial score (nSPS) is 42.3. The summed E-state index contributed by atoms with van der Waals surface area (Å²) in [6.07, 6.45) is 6.90. The Labute approximate surface area is 114 Å². The van der Waals surface area contributed by atoms with Crippen molar-refractivity contribution in [1.82, 2.24) is 10.2 Å². The molecule has 4 unspecified atom stereocenters. The van der Waals surface area contributed by atoms with E-state index in [0.717, 1.165) is 17.9 Å². The minimum absolute atomic E-state index is 0.343. The summed E-state index contributed by atoms with van der Waals surface area (Å²) in [5.74, 6) is 1.93. The van der Waals surface area contributed by atoms with Crippen LogP contribution in [0.4, 0.5) is 0 Å². The van der Waals surface area contributed by atoms with Gasteiger partial charge in [0.25, 0.3) is 0 Å². The fourth-order valence-electron chi connectivity index (χ4n) is 3.80. The van der Waals surface area contributed by atoms with Gasteiger partial charge in [-0.15, -0.1) is 0 Å². The number of nitrogens with zero attached hydrogens (tertiary/aromatic N) is 1. The summed E-state index contributed by atoms with van der Waals surface area (Å²) >= 11 is 0. The Bertz CT molecular complexity index is 266. The number of hydrogen-bond donors (Lipinski definition) is 1. The molecule has 18 heavy (non-hydrogen) atoms. The second kappa shape index (κ2) is 5.92. The highest BCUT2D eigenvalue weighted by molar-refractivity contribution is 4.95. The van der Waals surface area contributed by atoms with Crippen molar-refractivity contribution >= 4 is 0 Å². The van der Waals surface area contributed by atoms with Gasteiger partial charge in [0.15, 0.2) is 0 Å². The number of nitrogens with one attached hydrogen (secondary N) is 1. The van der Waals surface area contributed by atoms with Crippen LogP contribution < -0.4 is 5.32 Å². The van der Waals surface area contributed by atoms with Crippen LogP contribution in [0.1, 0.15) is 59.8 Å². The van der Waals surface area contributed by atoms with Crippen molar-refractivity contribution in [3.63, 3.8) is 0 Å². The van der Waals surface area contributed by atoms with Gasteiger partial charge in [0.2, 0.25) is 0 Å². The van der Waals surface area contributed by atoms with Crippen LogP contribution in [0.25, 0.3) is 0 Å². The van der Waals surface area contributed by atoms with Crippen LogP contribution in [-0.4, -0.2) is 36.1 Å². The zero-order chi connectivity index (χ0) is 13.2. The summed E-state index contributed by atoms with van der Waals surface area (Å²) in [5, 5.41) is 3.77. The Balaban J connectivity index is 1.94. The van der Waals surface area contributed by atoms with Gasteiger partial charge in [-0.05, 0) is 44.4 Å². The minimum atomic E-state index is 0.343. The molecule has 0 radical (unpaired) electrons. The second-order valence-electron chi connectivity index (χ2n) is 7.07. The standard InChI is InChI=1S/C16H32N2/c1-5-15-10-17-16(4,6-2)12-18(15)11-14-8-7-13(3)9-14/h13-15,17H,5-12H2,1-4H3.